The molecule has 51 valence electrons. The molecule has 0 aliphatic carbocycles. The van der Waals surface area contributed by atoms with Gasteiger partial charge in [-0.2, -0.15) is 0 Å². The number of rotatable bonds is 0. The summed E-state index contributed by atoms with van der Waals surface area (Å²) >= 11 is 0. The first-order chi connectivity index (χ1) is 1.73. The molecule has 0 saturated carbocycles. The average molecular weight is 467 g/mol. The van der Waals surface area contributed by atoms with E-state index in [0.717, 1.165) is 0 Å². The Balaban J connectivity index is -0.00000000214. The molecule has 0 aromatic rings. The Hall–Kier alpha value is 3.24. The van der Waals surface area contributed by atoms with E-state index in [1.165, 1.54) is 0 Å². The number of hydrogen-bond acceptors (Lipinski definition) is 1. The van der Waals surface area contributed by atoms with Gasteiger partial charge in [-0.3, -0.25) is 0 Å². The topological polar surface area (TPSA) is 121 Å². The number of carboxylic acid groups (broad SMARTS) is 2. The van der Waals surface area contributed by atoms with Crippen molar-refractivity contribution in [2.75, 3.05) is 0 Å². The molecule has 0 aromatic carbocycles. The summed E-state index contributed by atoms with van der Waals surface area (Å²) in [6.07, 6.45) is -1.83. The van der Waals surface area contributed by atoms with Crippen molar-refractivity contribution >= 4 is 51.6 Å². The predicted octanol–water partition coefficient (Wildman–Crippen LogP) is -1.58. The Morgan fingerprint density at radius 1 is 1.22 bits per heavy atom. The van der Waals surface area contributed by atoms with E-state index in [1.54, 1.807) is 0 Å². The van der Waals surface area contributed by atoms with Crippen LogP contribution in [0.3, 0.4) is 0 Å². The second kappa shape index (κ2) is 30.3. The summed E-state index contributed by atoms with van der Waals surface area (Å²) in [7, 11) is 0. The largest absolute Gasteiger partial charge is 2.00 e. The van der Waals surface area contributed by atoms with Crippen molar-refractivity contribution in [1.29, 1.82) is 0 Å². The van der Waals surface area contributed by atoms with Gasteiger partial charge in [0.25, 0.3) is 0 Å². The molecule has 0 fully saturated rings. The summed E-state index contributed by atoms with van der Waals surface area (Å²) in [5.74, 6) is 0. The van der Waals surface area contributed by atoms with E-state index in [1.807, 2.05) is 0 Å². The molecule has 0 aliphatic heterocycles. The van der Waals surface area contributed by atoms with Crippen LogP contribution in [0.5, 0.6) is 0 Å². The van der Waals surface area contributed by atoms with Gasteiger partial charge in [-0.1, -0.05) is 0 Å². The van der Waals surface area contributed by atoms with Crippen LogP contribution in [0.2, 0.25) is 0 Å². The van der Waals surface area contributed by atoms with Gasteiger partial charge in [0.15, 0.2) is 0 Å². The fourth-order valence-electron chi connectivity index (χ4n) is 0. The van der Waals surface area contributed by atoms with Crippen molar-refractivity contribution in [1.82, 2.24) is 0 Å². The fourth-order valence-corrected chi connectivity index (χ4v) is 0. The van der Waals surface area contributed by atoms with E-state index in [-0.39, 0.29) is 137 Å². The van der Waals surface area contributed by atoms with Crippen LogP contribution in [0.15, 0.2) is 0 Å². The zero-order valence-corrected chi connectivity index (χ0v) is 14.8. The van der Waals surface area contributed by atoms with Crippen molar-refractivity contribution in [3.05, 3.63) is 0 Å². The molecule has 0 atom stereocenters. The first-order valence-electron chi connectivity index (χ1n) is 0.651. The second-order valence-corrected chi connectivity index (χ2v) is 0.283. The van der Waals surface area contributed by atoms with E-state index in [2.05, 4.69) is 0 Å². The third kappa shape index (κ3) is 91.4. The maximum absolute atomic E-state index is 8.56. The van der Waals surface area contributed by atoms with Crippen LogP contribution in [0.25, 0.3) is 0 Å². The maximum atomic E-state index is 8.56. The minimum atomic E-state index is -1.83. The number of hydrogen-bond donors (Lipinski definition) is 2. The molecule has 0 saturated heterocycles. The van der Waals surface area contributed by atoms with Crippen LogP contribution in [0.1, 0.15) is 2.85 Å². The third-order valence-electron chi connectivity index (χ3n) is 0. The van der Waals surface area contributed by atoms with Gasteiger partial charge in [-0.25, -0.2) is 4.79 Å². The normalized spacial score (nSPS) is 2.67. The molecule has 0 aliphatic rings. The van der Waals surface area contributed by atoms with Gasteiger partial charge in [0.05, 0.1) is 0 Å². The molecule has 0 heterocycles. The van der Waals surface area contributed by atoms with E-state index >= 15 is 0 Å². The zero-order valence-electron chi connectivity index (χ0n) is 6.59. The molecule has 0 spiro atoms. The van der Waals surface area contributed by atoms with Crippen LogP contribution in [-0.2, 0) is 0 Å². The van der Waals surface area contributed by atoms with Gasteiger partial charge in [0.2, 0.25) is 0 Å². The molecule has 0 aromatic heterocycles. The molecule has 5 nitrogen and oxygen atoms in total. The summed E-state index contributed by atoms with van der Waals surface area (Å²) in [4.78, 5) is 8.56. The summed E-state index contributed by atoms with van der Waals surface area (Å²) < 4.78 is 0. The molecular weight excluding hydrogens is 459 g/mol. The minimum absolute atomic E-state index is 0. The van der Waals surface area contributed by atoms with E-state index in [0.29, 0.717) is 0 Å². The Kier molecular flexibility index (Phi) is 134. The average Bonchev–Trinajstić information content (AvgIpc) is 0.811. The van der Waals surface area contributed by atoms with Gasteiger partial charge < -0.3 is 24.0 Å². The molecule has 0 unspecified atom stereocenters. The van der Waals surface area contributed by atoms with Gasteiger partial charge in [-0.15, -0.1) is 0 Å². The molecule has 8 heteroatoms. The van der Waals surface area contributed by atoms with Crippen LogP contribution in [0.4, 0.5) is 4.79 Å². The Bertz CT molecular complexity index is 47.5. The van der Waals surface area contributed by atoms with E-state index in [4.69, 9.17) is 15.0 Å². The Morgan fingerprint density at radius 3 is 1.22 bits per heavy atom. The van der Waals surface area contributed by atoms with Crippen LogP contribution < -0.4 is 0 Å². The molecule has 1 radical (unpaired) electrons. The smallest absolute Gasteiger partial charge is 1.00 e. The Morgan fingerprint density at radius 2 is 1.22 bits per heavy atom. The summed E-state index contributed by atoms with van der Waals surface area (Å²) in [5.41, 5.74) is 0. The SMILES string of the molecule is O.O.O=C(O)O.[Ce].[H-].[H-].[La].[Sr+2]. The Labute approximate surface area is 154 Å². The van der Waals surface area contributed by atoms with Crippen molar-refractivity contribution in [3.8, 4) is 0 Å². The number of carbonyl (C=O) groups is 1. The predicted molar refractivity (Wildman–Crippen MR) is 25.9 cm³/mol. The zero-order chi connectivity index (χ0) is 3.58. The maximum Gasteiger partial charge on any atom is 2.00 e. The summed E-state index contributed by atoms with van der Waals surface area (Å²) in [5, 5.41) is 13.9. The summed E-state index contributed by atoms with van der Waals surface area (Å²) in [6.45, 7) is 0. The molecule has 6 N–H and O–H groups in total. The van der Waals surface area contributed by atoms with Gasteiger partial charge in [0.1, 0.15) is 0 Å². The summed E-state index contributed by atoms with van der Waals surface area (Å²) in [6, 6.07) is 0. The standard InChI is InChI=1S/CH2O3.Ce.La.2H2O.Sr.2H/c2-1(3)4;;;;;;;/h(H2,2,3,4);;;2*1H2;;;/q;;;;;+2;2*-1. The minimum Gasteiger partial charge on any atom is -1.00 e. The molecule has 0 rings (SSSR count). The van der Waals surface area contributed by atoms with Gasteiger partial charge in [-0.05, 0) is 0 Å². The molecule has 0 bridgehead atoms. The van der Waals surface area contributed by atoms with Crippen molar-refractivity contribution < 1.29 is 106 Å². The van der Waals surface area contributed by atoms with Crippen LogP contribution in [0, 0.1) is 77.3 Å². The monoisotopic (exact) mass is 467 g/mol. The van der Waals surface area contributed by atoms with Crippen LogP contribution in [-0.4, -0.2) is 72.8 Å². The fraction of sp³-hybridized carbons (Fsp3) is 0. The molecule has 0 amide bonds. The van der Waals surface area contributed by atoms with Crippen LogP contribution >= 0.6 is 0 Å². The van der Waals surface area contributed by atoms with Crippen molar-refractivity contribution in [2.24, 2.45) is 0 Å². The van der Waals surface area contributed by atoms with E-state index in [9.17, 15) is 0 Å². The van der Waals surface area contributed by atoms with E-state index < -0.39 is 6.16 Å². The first kappa shape index (κ1) is 39.7. The quantitative estimate of drug-likeness (QED) is 0.419. The van der Waals surface area contributed by atoms with Crippen molar-refractivity contribution in [3.63, 3.8) is 0 Å². The second-order valence-electron chi connectivity index (χ2n) is 0.283. The van der Waals surface area contributed by atoms with Crippen molar-refractivity contribution in [2.45, 2.75) is 0 Å². The van der Waals surface area contributed by atoms with Gasteiger partial charge in [0, 0.05) is 77.3 Å². The third-order valence-corrected chi connectivity index (χ3v) is 0. The molecular formula is CH8CeLaO5Sr. The molecule has 9 heavy (non-hydrogen) atoms. The first-order valence-corrected chi connectivity index (χ1v) is 0.651. The van der Waals surface area contributed by atoms with Gasteiger partial charge >= 0.3 is 51.6 Å².